The van der Waals surface area contributed by atoms with Crippen LogP contribution < -0.4 is 5.32 Å². The minimum Gasteiger partial charge on any atom is -0.378 e. The lowest BCUT2D eigenvalue weighted by atomic mass is 9.77. The first-order valence-electron chi connectivity index (χ1n) is 7.21. The summed E-state index contributed by atoms with van der Waals surface area (Å²) in [7, 11) is 0. The fourth-order valence-corrected chi connectivity index (χ4v) is 4.31. The molecule has 1 nitrogen and oxygen atoms in total. The van der Waals surface area contributed by atoms with Crippen molar-refractivity contribution >= 4 is 33.2 Å². The molecule has 0 saturated carbocycles. The highest BCUT2D eigenvalue weighted by molar-refractivity contribution is 9.10. The Morgan fingerprint density at radius 2 is 1.95 bits per heavy atom. The van der Waals surface area contributed by atoms with Crippen molar-refractivity contribution in [2.75, 3.05) is 5.32 Å². The molecule has 3 atom stereocenters. The average molecular weight is 361 g/mol. The van der Waals surface area contributed by atoms with Gasteiger partial charge in [-0.25, -0.2) is 0 Å². The van der Waals surface area contributed by atoms with Gasteiger partial charge < -0.3 is 5.32 Å². The van der Waals surface area contributed by atoms with E-state index in [1.807, 2.05) is 6.07 Å². The van der Waals surface area contributed by atoms with E-state index in [1.54, 1.807) is 0 Å². The Bertz CT molecular complexity index is 725. The maximum atomic E-state index is 6.19. The molecular weight excluding hydrogens is 346 g/mol. The predicted octanol–water partition coefficient (Wildman–Crippen LogP) is 5.93. The lowest BCUT2D eigenvalue weighted by molar-refractivity contribution is 0.424. The fraction of sp³-hybridized carbons (Fsp3) is 0.222. The summed E-state index contributed by atoms with van der Waals surface area (Å²) in [6.07, 6.45) is 5.75. The second kappa shape index (κ2) is 5.19. The van der Waals surface area contributed by atoms with E-state index in [0.717, 1.165) is 11.4 Å². The molecule has 1 aliphatic heterocycles. The minimum absolute atomic E-state index is 0.328. The molecule has 3 heteroatoms. The lowest BCUT2D eigenvalue weighted by Gasteiger charge is -2.38. The number of hydrogen-bond acceptors (Lipinski definition) is 1. The monoisotopic (exact) mass is 359 g/mol. The largest absolute Gasteiger partial charge is 0.378 e. The molecular formula is C18H15BrClN. The van der Waals surface area contributed by atoms with Crippen LogP contribution in [0.2, 0.25) is 5.02 Å². The second-order valence-corrected chi connectivity index (χ2v) is 7.02. The predicted molar refractivity (Wildman–Crippen MR) is 91.9 cm³/mol. The molecule has 4 rings (SSSR count). The number of hydrogen-bond donors (Lipinski definition) is 1. The molecule has 1 N–H and O–H groups in total. The molecule has 2 aromatic carbocycles. The summed E-state index contributed by atoms with van der Waals surface area (Å²) in [6, 6.07) is 15.0. The Kier molecular flexibility index (Phi) is 3.31. The van der Waals surface area contributed by atoms with Crippen molar-refractivity contribution in [3.8, 4) is 0 Å². The van der Waals surface area contributed by atoms with Gasteiger partial charge in [0, 0.05) is 21.1 Å². The summed E-state index contributed by atoms with van der Waals surface area (Å²) in [5.41, 5.74) is 3.86. The van der Waals surface area contributed by atoms with Gasteiger partial charge in [-0.05, 0) is 47.7 Å². The Hall–Kier alpha value is -1.25. The molecule has 0 bridgehead atoms. The molecule has 106 valence electrons. The molecule has 1 aliphatic carbocycles. The molecule has 0 aromatic heterocycles. The zero-order valence-corrected chi connectivity index (χ0v) is 13.7. The number of nitrogens with one attached hydrogen (secondary N) is 1. The molecule has 0 radical (unpaired) electrons. The van der Waals surface area contributed by atoms with E-state index in [2.05, 4.69) is 69.8 Å². The number of allylic oxidation sites excluding steroid dienone is 2. The molecule has 21 heavy (non-hydrogen) atoms. The van der Waals surface area contributed by atoms with E-state index >= 15 is 0 Å². The maximum absolute atomic E-state index is 6.19. The highest BCUT2D eigenvalue weighted by Crippen LogP contribution is 2.51. The van der Waals surface area contributed by atoms with Gasteiger partial charge in [-0.2, -0.15) is 0 Å². The van der Waals surface area contributed by atoms with Crippen molar-refractivity contribution in [1.29, 1.82) is 0 Å². The first-order valence-corrected chi connectivity index (χ1v) is 8.38. The van der Waals surface area contributed by atoms with E-state index in [9.17, 15) is 0 Å². The third kappa shape index (κ3) is 2.21. The zero-order chi connectivity index (χ0) is 14.4. The highest BCUT2D eigenvalue weighted by atomic mass is 79.9. The van der Waals surface area contributed by atoms with E-state index in [4.69, 9.17) is 11.6 Å². The number of benzene rings is 2. The van der Waals surface area contributed by atoms with E-state index in [1.165, 1.54) is 21.3 Å². The summed E-state index contributed by atoms with van der Waals surface area (Å²) in [6.45, 7) is 0. The Morgan fingerprint density at radius 3 is 2.81 bits per heavy atom. The van der Waals surface area contributed by atoms with Gasteiger partial charge in [0.2, 0.25) is 0 Å². The van der Waals surface area contributed by atoms with Crippen molar-refractivity contribution < 1.29 is 0 Å². The van der Waals surface area contributed by atoms with E-state index in [-0.39, 0.29) is 0 Å². The molecule has 0 saturated heterocycles. The van der Waals surface area contributed by atoms with Crippen LogP contribution >= 0.6 is 27.5 Å². The summed E-state index contributed by atoms with van der Waals surface area (Å²) < 4.78 is 1.17. The van der Waals surface area contributed by atoms with Gasteiger partial charge in [-0.1, -0.05) is 57.9 Å². The number of fused-ring (bicyclic) bond motifs is 3. The average Bonchev–Trinajstić information content (AvgIpc) is 2.97. The number of rotatable bonds is 1. The van der Waals surface area contributed by atoms with Crippen LogP contribution in [0, 0.1) is 5.92 Å². The van der Waals surface area contributed by atoms with Crippen LogP contribution in [-0.2, 0) is 0 Å². The summed E-state index contributed by atoms with van der Waals surface area (Å²) in [5.74, 6) is 1.01. The topological polar surface area (TPSA) is 12.0 Å². The number of halogens is 2. The fourth-order valence-electron chi connectivity index (χ4n) is 3.60. The summed E-state index contributed by atoms with van der Waals surface area (Å²) in [4.78, 5) is 0. The first kappa shape index (κ1) is 13.4. The SMILES string of the molecule is Clc1ccc2c(c1)[C@H]1C=CC[C@H]1[C@@H](c1ccccc1Br)N2. The third-order valence-electron chi connectivity index (χ3n) is 4.57. The van der Waals surface area contributed by atoms with Gasteiger partial charge >= 0.3 is 0 Å². The quantitative estimate of drug-likeness (QED) is 0.622. The molecule has 0 unspecified atom stereocenters. The van der Waals surface area contributed by atoms with Crippen LogP contribution in [0.5, 0.6) is 0 Å². The molecule has 2 aliphatic rings. The van der Waals surface area contributed by atoms with Crippen LogP contribution in [0.15, 0.2) is 59.1 Å². The van der Waals surface area contributed by atoms with Gasteiger partial charge in [-0.15, -0.1) is 0 Å². The van der Waals surface area contributed by atoms with E-state index < -0.39 is 0 Å². The van der Waals surface area contributed by atoms with Crippen LogP contribution in [0.4, 0.5) is 5.69 Å². The summed E-state index contributed by atoms with van der Waals surface area (Å²) >= 11 is 9.89. The van der Waals surface area contributed by atoms with Crippen LogP contribution in [0.25, 0.3) is 0 Å². The normalized spacial score (nSPS) is 26.1. The molecule has 1 heterocycles. The van der Waals surface area contributed by atoms with Gasteiger partial charge in [-0.3, -0.25) is 0 Å². The van der Waals surface area contributed by atoms with Crippen molar-refractivity contribution in [2.45, 2.75) is 18.4 Å². The van der Waals surface area contributed by atoms with Gasteiger partial charge in [0.25, 0.3) is 0 Å². The molecule has 0 amide bonds. The number of anilines is 1. The molecule has 0 fully saturated rings. The Balaban J connectivity index is 1.82. The third-order valence-corrected chi connectivity index (χ3v) is 5.52. The second-order valence-electron chi connectivity index (χ2n) is 5.73. The van der Waals surface area contributed by atoms with Crippen LogP contribution in [0.3, 0.4) is 0 Å². The zero-order valence-electron chi connectivity index (χ0n) is 11.4. The summed E-state index contributed by atoms with van der Waals surface area (Å²) in [5, 5.41) is 4.54. The highest BCUT2D eigenvalue weighted by Gasteiger charge is 2.38. The first-order chi connectivity index (χ1) is 10.2. The lowest BCUT2D eigenvalue weighted by Crippen LogP contribution is -2.29. The van der Waals surface area contributed by atoms with Crippen molar-refractivity contribution in [1.82, 2.24) is 0 Å². The van der Waals surface area contributed by atoms with Crippen molar-refractivity contribution in [3.63, 3.8) is 0 Å². The van der Waals surface area contributed by atoms with Crippen LogP contribution in [0.1, 0.15) is 29.5 Å². The molecule has 0 spiro atoms. The van der Waals surface area contributed by atoms with Gasteiger partial charge in [0.1, 0.15) is 0 Å². The molecule has 2 aromatic rings. The van der Waals surface area contributed by atoms with Crippen molar-refractivity contribution in [3.05, 3.63) is 75.2 Å². The minimum atomic E-state index is 0.328. The van der Waals surface area contributed by atoms with Crippen molar-refractivity contribution in [2.24, 2.45) is 5.92 Å². The Labute approximate surface area is 138 Å². The smallest absolute Gasteiger partial charge is 0.0565 e. The maximum Gasteiger partial charge on any atom is 0.0565 e. The van der Waals surface area contributed by atoms with Gasteiger partial charge in [0.15, 0.2) is 0 Å². The Morgan fingerprint density at radius 1 is 1.10 bits per heavy atom. The van der Waals surface area contributed by atoms with Crippen LogP contribution in [-0.4, -0.2) is 0 Å². The van der Waals surface area contributed by atoms with E-state index in [0.29, 0.717) is 17.9 Å². The van der Waals surface area contributed by atoms with Gasteiger partial charge in [0.05, 0.1) is 6.04 Å². The standard InChI is InChI=1S/C18H15BrClN/c19-16-7-2-1-4-14(16)18-13-6-3-5-12(13)15-10-11(20)8-9-17(15)21-18/h1-5,7-10,12-13,18,21H,6H2/t12-,13+,18-/m0/s1.